The molecule has 0 spiro atoms. The highest BCUT2D eigenvalue weighted by Crippen LogP contribution is 2.13. The maximum absolute atomic E-state index is 5.34. The summed E-state index contributed by atoms with van der Waals surface area (Å²) >= 11 is 5.34. The van der Waals surface area contributed by atoms with E-state index < -0.39 is 0 Å². The zero-order valence-electron chi connectivity index (χ0n) is 11.8. The standard InChI is InChI=1S/C16H20N2OS/c1-12-6-3-4-8-15(12)18-16(20)17-13(2)9-10-14-7-5-11-19-14/h3-8,11,13H,9-10H2,1-2H3,(H2,17,18,20)/t13-/m0/s1. The van der Waals surface area contributed by atoms with Crippen molar-refractivity contribution in [3.8, 4) is 0 Å². The Balaban J connectivity index is 1.78. The minimum atomic E-state index is 0.295. The van der Waals surface area contributed by atoms with Crippen LogP contribution in [0, 0.1) is 6.92 Å². The average molecular weight is 288 g/mol. The summed E-state index contributed by atoms with van der Waals surface area (Å²) in [4.78, 5) is 0. The van der Waals surface area contributed by atoms with E-state index in [0.29, 0.717) is 11.2 Å². The maximum Gasteiger partial charge on any atom is 0.170 e. The van der Waals surface area contributed by atoms with Crippen LogP contribution in [0.3, 0.4) is 0 Å². The molecule has 2 N–H and O–H groups in total. The summed E-state index contributed by atoms with van der Waals surface area (Å²) in [7, 11) is 0. The highest BCUT2D eigenvalue weighted by Gasteiger charge is 2.06. The summed E-state index contributed by atoms with van der Waals surface area (Å²) in [6, 6.07) is 12.3. The summed E-state index contributed by atoms with van der Waals surface area (Å²) in [5.74, 6) is 1.01. The molecule has 20 heavy (non-hydrogen) atoms. The molecule has 3 nitrogen and oxygen atoms in total. The van der Waals surface area contributed by atoms with Gasteiger partial charge in [-0.25, -0.2) is 0 Å². The quantitative estimate of drug-likeness (QED) is 0.818. The van der Waals surface area contributed by atoms with E-state index in [0.717, 1.165) is 24.3 Å². The number of anilines is 1. The van der Waals surface area contributed by atoms with E-state index in [4.69, 9.17) is 16.6 Å². The molecule has 0 amide bonds. The molecular weight excluding hydrogens is 268 g/mol. The fourth-order valence-corrected chi connectivity index (χ4v) is 2.29. The number of hydrogen-bond donors (Lipinski definition) is 2. The first-order chi connectivity index (χ1) is 9.65. The van der Waals surface area contributed by atoms with Crippen LogP contribution in [0.2, 0.25) is 0 Å². The molecule has 2 aromatic rings. The second-order valence-corrected chi connectivity index (χ2v) is 5.34. The molecule has 0 unspecified atom stereocenters. The van der Waals surface area contributed by atoms with Gasteiger partial charge in [-0.05, 0) is 56.2 Å². The van der Waals surface area contributed by atoms with E-state index in [2.05, 4.69) is 30.5 Å². The van der Waals surface area contributed by atoms with Crippen LogP contribution in [0.5, 0.6) is 0 Å². The predicted octanol–water partition coefficient (Wildman–Crippen LogP) is 3.90. The van der Waals surface area contributed by atoms with Gasteiger partial charge in [-0.1, -0.05) is 18.2 Å². The molecule has 1 atom stereocenters. The van der Waals surface area contributed by atoms with Crippen LogP contribution in [-0.4, -0.2) is 11.2 Å². The summed E-state index contributed by atoms with van der Waals surface area (Å²) in [6.07, 6.45) is 3.59. The molecule has 1 heterocycles. The molecule has 4 heteroatoms. The van der Waals surface area contributed by atoms with E-state index >= 15 is 0 Å². The summed E-state index contributed by atoms with van der Waals surface area (Å²) in [5.41, 5.74) is 2.23. The molecule has 0 radical (unpaired) electrons. The lowest BCUT2D eigenvalue weighted by Crippen LogP contribution is -2.36. The lowest BCUT2D eigenvalue weighted by atomic mass is 10.1. The Kier molecular flexibility index (Phi) is 5.18. The summed E-state index contributed by atoms with van der Waals surface area (Å²) < 4.78 is 5.32. The molecule has 0 aliphatic rings. The molecule has 0 bridgehead atoms. The minimum Gasteiger partial charge on any atom is -0.469 e. The summed E-state index contributed by atoms with van der Waals surface area (Å²) in [5, 5.41) is 7.19. The predicted molar refractivity (Wildman–Crippen MR) is 87.0 cm³/mol. The number of hydrogen-bond acceptors (Lipinski definition) is 2. The van der Waals surface area contributed by atoms with E-state index in [1.165, 1.54) is 5.56 Å². The Morgan fingerprint density at radius 2 is 2.05 bits per heavy atom. The van der Waals surface area contributed by atoms with Crippen molar-refractivity contribution < 1.29 is 4.42 Å². The Labute approximate surface area is 125 Å². The lowest BCUT2D eigenvalue weighted by Gasteiger charge is -2.17. The number of nitrogens with one attached hydrogen (secondary N) is 2. The molecule has 0 fully saturated rings. The van der Waals surface area contributed by atoms with Gasteiger partial charge < -0.3 is 15.1 Å². The van der Waals surface area contributed by atoms with Gasteiger partial charge in [-0.3, -0.25) is 0 Å². The van der Waals surface area contributed by atoms with Crippen molar-refractivity contribution in [1.82, 2.24) is 5.32 Å². The Morgan fingerprint density at radius 1 is 1.25 bits per heavy atom. The fourth-order valence-electron chi connectivity index (χ4n) is 1.98. The largest absolute Gasteiger partial charge is 0.469 e. The normalized spacial score (nSPS) is 11.9. The minimum absolute atomic E-state index is 0.295. The topological polar surface area (TPSA) is 37.2 Å². The van der Waals surface area contributed by atoms with Gasteiger partial charge in [0, 0.05) is 18.2 Å². The first kappa shape index (κ1) is 14.6. The molecule has 0 aliphatic heterocycles. The third-order valence-electron chi connectivity index (χ3n) is 3.17. The molecule has 0 saturated heterocycles. The second kappa shape index (κ2) is 7.10. The monoisotopic (exact) mass is 288 g/mol. The van der Waals surface area contributed by atoms with Gasteiger partial charge >= 0.3 is 0 Å². The van der Waals surface area contributed by atoms with Crippen LogP contribution in [0.25, 0.3) is 0 Å². The average Bonchev–Trinajstić information content (AvgIpc) is 2.92. The van der Waals surface area contributed by atoms with E-state index in [1.54, 1.807) is 6.26 Å². The van der Waals surface area contributed by atoms with Crippen LogP contribution >= 0.6 is 12.2 Å². The van der Waals surface area contributed by atoms with E-state index in [-0.39, 0.29) is 0 Å². The highest BCUT2D eigenvalue weighted by atomic mass is 32.1. The van der Waals surface area contributed by atoms with E-state index in [9.17, 15) is 0 Å². The number of thiocarbonyl (C=S) groups is 1. The van der Waals surface area contributed by atoms with Gasteiger partial charge in [0.05, 0.1) is 6.26 Å². The summed E-state index contributed by atoms with van der Waals surface area (Å²) in [6.45, 7) is 4.18. The van der Waals surface area contributed by atoms with Gasteiger partial charge in [0.25, 0.3) is 0 Å². The van der Waals surface area contributed by atoms with Gasteiger partial charge in [-0.15, -0.1) is 0 Å². The van der Waals surface area contributed by atoms with Crippen LogP contribution < -0.4 is 10.6 Å². The van der Waals surface area contributed by atoms with Crippen LogP contribution in [-0.2, 0) is 6.42 Å². The number of furan rings is 1. The number of para-hydroxylation sites is 1. The Bertz CT molecular complexity index is 551. The van der Waals surface area contributed by atoms with Crippen molar-refractivity contribution >= 4 is 23.0 Å². The molecule has 1 aromatic carbocycles. The van der Waals surface area contributed by atoms with Crippen molar-refractivity contribution in [3.05, 3.63) is 54.0 Å². The third kappa shape index (κ3) is 4.38. The van der Waals surface area contributed by atoms with Crippen molar-refractivity contribution in [3.63, 3.8) is 0 Å². The van der Waals surface area contributed by atoms with Crippen LogP contribution in [0.1, 0.15) is 24.7 Å². The van der Waals surface area contributed by atoms with Crippen LogP contribution in [0.15, 0.2) is 47.1 Å². The first-order valence-corrected chi connectivity index (χ1v) is 7.21. The fraction of sp³-hybridized carbons (Fsp3) is 0.312. The third-order valence-corrected chi connectivity index (χ3v) is 3.39. The van der Waals surface area contributed by atoms with Crippen molar-refractivity contribution in [2.24, 2.45) is 0 Å². The molecule has 0 aliphatic carbocycles. The van der Waals surface area contributed by atoms with Crippen molar-refractivity contribution in [1.29, 1.82) is 0 Å². The van der Waals surface area contributed by atoms with Crippen molar-refractivity contribution in [2.75, 3.05) is 5.32 Å². The van der Waals surface area contributed by atoms with E-state index in [1.807, 2.05) is 30.3 Å². The smallest absolute Gasteiger partial charge is 0.170 e. The van der Waals surface area contributed by atoms with Gasteiger partial charge in [0.2, 0.25) is 0 Å². The number of benzene rings is 1. The van der Waals surface area contributed by atoms with Crippen LogP contribution in [0.4, 0.5) is 5.69 Å². The van der Waals surface area contributed by atoms with Crippen molar-refractivity contribution in [2.45, 2.75) is 32.7 Å². The van der Waals surface area contributed by atoms with Gasteiger partial charge in [0.1, 0.15) is 5.76 Å². The molecule has 0 saturated carbocycles. The Morgan fingerprint density at radius 3 is 2.75 bits per heavy atom. The number of rotatable bonds is 5. The van der Waals surface area contributed by atoms with Gasteiger partial charge in [-0.2, -0.15) is 0 Å². The zero-order chi connectivity index (χ0) is 14.4. The van der Waals surface area contributed by atoms with Gasteiger partial charge in [0.15, 0.2) is 5.11 Å². The maximum atomic E-state index is 5.34. The Hall–Kier alpha value is -1.81. The number of aryl methyl sites for hydroxylation is 2. The lowest BCUT2D eigenvalue weighted by molar-refractivity contribution is 0.483. The molecule has 1 aromatic heterocycles. The SMILES string of the molecule is Cc1ccccc1NC(=S)N[C@@H](C)CCc1ccco1. The zero-order valence-corrected chi connectivity index (χ0v) is 12.7. The second-order valence-electron chi connectivity index (χ2n) is 4.93. The highest BCUT2D eigenvalue weighted by molar-refractivity contribution is 7.80. The first-order valence-electron chi connectivity index (χ1n) is 6.80. The molecule has 106 valence electrons. The molecule has 2 rings (SSSR count). The molecular formula is C16H20N2OS.